The first-order valence-corrected chi connectivity index (χ1v) is 5.96. The van der Waals surface area contributed by atoms with Gasteiger partial charge in [0.05, 0.1) is 0 Å². The second-order valence-corrected chi connectivity index (χ2v) is 4.80. The van der Waals surface area contributed by atoms with Gasteiger partial charge in [-0.2, -0.15) is 74.6 Å². The van der Waals surface area contributed by atoms with Crippen molar-refractivity contribution in [1.82, 2.24) is 0 Å². The van der Waals surface area contributed by atoms with Gasteiger partial charge in [-0.25, -0.2) is 9.53 Å². The van der Waals surface area contributed by atoms with Crippen LogP contribution in [0.15, 0.2) is 0 Å². The van der Waals surface area contributed by atoms with Crippen LogP contribution >= 0.6 is 0 Å². The summed E-state index contributed by atoms with van der Waals surface area (Å²) in [5, 5.41) is 7.82. The molecule has 0 aliphatic heterocycles. The predicted molar refractivity (Wildman–Crippen MR) is 50.5 cm³/mol. The maximum absolute atomic E-state index is 13.1. The molecule has 0 aromatic rings. The van der Waals surface area contributed by atoms with Gasteiger partial charge < -0.3 is 5.11 Å². The molecule has 1 atom stereocenters. The van der Waals surface area contributed by atoms with Gasteiger partial charge in [0, 0.05) is 0 Å². The lowest BCUT2D eigenvalue weighted by Crippen LogP contribution is -2.65. The molecule has 0 aromatic carbocycles. The fourth-order valence-corrected chi connectivity index (χ4v) is 1.09. The molecule has 0 aliphatic carbocycles. The molecule has 0 radical (unpaired) electrons. The van der Waals surface area contributed by atoms with E-state index in [1.807, 2.05) is 0 Å². The summed E-state index contributed by atoms with van der Waals surface area (Å²) < 4.78 is 215. The van der Waals surface area contributed by atoms with E-state index in [0.717, 1.165) is 4.74 Å². The summed E-state index contributed by atoms with van der Waals surface area (Å²) in [6, 6.07) is 0. The van der Waals surface area contributed by atoms with Gasteiger partial charge >= 0.3 is 54.3 Å². The lowest BCUT2D eigenvalue weighted by atomic mass is 10.2. The minimum absolute atomic E-state index is 1.13. The first-order valence-electron chi connectivity index (χ1n) is 5.96. The number of rotatable bonds is 8. The molecule has 1 N–H and O–H groups in total. The van der Waals surface area contributed by atoms with Crippen molar-refractivity contribution in [2.45, 2.75) is 48.4 Å². The zero-order chi connectivity index (χ0) is 25.0. The quantitative estimate of drug-likeness (QED) is 0.484. The standard InChI is InChI=1S/C9HF17O4/c10-2(1(27)28,5(15,16)17)29-8(23,24)4(13,14)9(25,26)30-7(21,22)3(11,12)6(18,19)20/h(H,27,28). The molecule has 0 rings (SSSR count). The van der Waals surface area contributed by atoms with Gasteiger partial charge in [-0.15, -0.1) is 0 Å². The molecular weight excluding hydrogens is 495 g/mol. The highest BCUT2D eigenvalue weighted by Gasteiger charge is 2.84. The minimum Gasteiger partial charge on any atom is -0.477 e. The number of carboxylic acid groups (broad SMARTS) is 1. The highest BCUT2D eigenvalue weighted by molar-refractivity contribution is 5.76. The van der Waals surface area contributed by atoms with Crippen molar-refractivity contribution in [3.8, 4) is 0 Å². The zero-order valence-electron chi connectivity index (χ0n) is 12.6. The number of aliphatic carboxylic acids is 1. The second-order valence-electron chi connectivity index (χ2n) is 4.80. The smallest absolute Gasteiger partial charge is 0.462 e. The third kappa shape index (κ3) is 4.44. The van der Waals surface area contributed by atoms with Crippen LogP contribution in [0, 0.1) is 0 Å². The van der Waals surface area contributed by atoms with Crippen LogP contribution in [0.2, 0.25) is 0 Å². The maximum Gasteiger partial charge on any atom is 0.462 e. The molecule has 0 spiro atoms. The van der Waals surface area contributed by atoms with Crippen LogP contribution in [0.3, 0.4) is 0 Å². The summed E-state index contributed by atoms with van der Waals surface area (Å²) in [5.74, 6) is -27.0. The summed E-state index contributed by atoms with van der Waals surface area (Å²) in [7, 11) is 0. The Morgan fingerprint density at radius 2 is 0.800 bits per heavy atom. The van der Waals surface area contributed by atoms with Crippen LogP contribution in [0.25, 0.3) is 0 Å². The van der Waals surface area contributed by atoms with E-state index in [0.29, 0.717) is 0 Å². The van der Waals surface area contributed by atoms with Crippen molar-refractivity contribution < 1.29 is 94.0 Å². The Morgan fingerprint density at radius 3 is 1.07 bits per heavy atom. The summed E-state index contributed by atoms with van der Waals surface area (Å²) in [4.78, 5) is 10.0. The molecule has 0 fully saturated rings. The van der Waals surface area contributed by atoms with Crippen LogP contribution in [0.1, 0.15) is 0 Å². The van der Waals surface area contributed by atoms with Gasteiger partial charge in [0.2, 0.25) is 0 Å². The number of carboxylic acids is 1. The largest absolute Gasteiger partial charge is 0.477 e. The third-order valence-corrected chi connectivity index (χ3v) is 2.62. The molecular formula is C9HF17O4. The molecule has 0 heterocycles. The summed E-state index contributed by atoms with van der Waals surface area (Å²) in [5.41, 5.74) is 0. The fourth-order valence-electron chi connectivity index (χ4n) is 1.09. The van der Waals surface area contributed by atoms with E-state index in [1.54, 1.807) is 0 Å². The van der Waals surface area contributed by atoms with Crippen molar-refractivity contribution >= 4 is 5.97 Å². The van der Waals surface area contributed by atoms with E-state index in [2.05, 4.69) is 0 Å². The molecule has 0 saturated carbocycles. The number of alkyl halides is 17. The SMILES string of the molecule is O=C(O)C(F)(OC(F)(F)C(F)(F)C(F)(F)OC(F)(F)C(F)(F)C(F)(F)F)C(F)(F)F. The van der Waals surface area contributed by atoms with E-state index in [1.165, 1.54) is 4.74 Å². The summed E-state index contributed by atoms with van der Waals surface area (Å²) in [6.07, 6.45) is -38.3. The predicted octanol–water partition coefficient (Wildman–Crippen LogP) is 4.94. The normalized spacial score (nSPS) is 17.6. The Morgan fingerprint density at radius 1 is 0.500 bits per heavy atom. The zero-order valence-corrected chi connectivity index (χ0v) is 12.6. The molecule has 180 valence electrons. The summed E-state index contributed by atoms with van der Waals surface area (Å²) in [6.45, 7) is 0. The topological polar surface area (TPSA) is 55.8 Å². The Bertz CT molecular complexity index is 649. The van der Waals surface area contributed by atoms with E-state index in [4.69, 9.17) is 5.11 Å². The molecule has 0 aliphatic rings. The fraction of sp³-hybridized carbons (Fsp3) is 0.889. The molecule has 0 saturated heterocycles. The van der Waals surface area contributed by atoms with Gasteiger partial charge in [0.15, 0.2) is 0 Å². The third-order valence-electron chi connectivity index (χ3n) is 2.62. The molecule has 4 nitrogen and oxygen atoms in total. The molecule has 1 unspecified atom stereocenters. The van der Waals surface area contributed by atoms with Gasteiger partial charge in [-0.05, 0) is 0 Å². The van der Waals surface area contributed by atoms with Gasteiger partial charge in [-0.1, -0.05) is 0 Å². The van der Waals surface area contributed by atoms with Gasteiger partial charge in [-0.3, -0.25) is 4.74 Å². The Kier molecular flexibility index (Phi) is 6.70. The number of halogens is 17. The lowest BCUT2D eigenvalue weighted by Gasteiger charge is -2.37. The lowest BCUT2D eigenvalue weighted by molar-refractivity contribution is -0.534. The number of hydrogen-bond acceptors (Lipinski definition) is 3. The van der Waals surface area contributed by atoms with Crippen LogP contribution in [0.4, 0.5) is 74.6 Å². The monoisotopic (exact) mass is 496 g/mol. The molecule has 0 amide bonds. The van der Waals surface area contributed by atoms with Crippen molar-refractivity contribution in [1.29, 1.82) is 0 Å². The van der Waals surface area contributed by atoms with E-state index < -0.39 is 54.3 Å². The molecule has 30 heavy (non-hydrogen) atoms. The highest BCUT2D eigenvalue weighted by Crippen LogP contribution is 2.55. The first-order chi connectivity index (χ1) is 12.6. The van der Waals surface area contributed by atoms with E-state index >= 15 is 0 Å². The maximum atomic E-state index is 13.1. The Balaban J connectivity index is 6.23. The number of ether oxygens (including phenoxy) is 2. The van der Waals surface area contributed by atoms with Crippen LogP contribution < -0.4 is 0 Å². The van der Waals surface area contributed by atoms with Crippen molar-refractivity contribution in [3.05, 3.63) is 0 Å². The summed E-state index contributed by atoms with van der Waals surface area (Å²) >= 11 is 0. The van der Waals surface area contributed by atoms with Crippen molar-refractivity contribution in [2.75, 3.05) is 0 Å². The minimum atomic E-state index is -8.09. The van der Waals surface area contributed by atoms with Gasteiger partial charge in [0.1, 0.15) is 0 Å². The average Bonchev–Trinajstić information content (AvgIpc) is 2.42. The van der Waals surface area contributed by atoms with Gasteiger partial charge in [0.25, 0.3) is 0 Å². The molecule has 21 heteroatoms. The molecule has 0 bridgehead atoms. The second kappa shape index (κ2) is 7.12. The molecule has 0 aromatic heterocycles. The number of carbonyl (C=O) groups is 1. The first kappa shape index (κ1) is 28.2. The van der Waals surface area contributed by atoms with Crippen LogP contribution in [0.5, 0.6) is 0 Å². The van der Waals surface area contributed by atoms with E-state index in [9.17, 15) is 79.4 Å². The van der Waals surface area contributed by atoms with E-state index in [-0.39, 0.29) is 0 Å². The average molecular weight is 496 g/mol. The van der Waals surface area contributed by atoms with Crippen molar-refractivity contribution in [2.24, 2.45) is 0 Å². The Hall–Kier alpha value is -1.80. The van der Waals surface area contributed by atoms with Crippen LogP contribution in [-0.4, -0.2) is 59.5 Å². The van der Waals surface area contributed by atoms with Crippen LogP contribution in [-0.2, 0) is 14.3 Å². The highest BCUT2D eigenvalue weighted by atomic mass is 19.4. The number of hydrogen-bond donors (Lipinski definition) is 1. The Labute approximate surface area is 150 Å². The van der Waals surface area contributed by atoms with Crippen molar-refractivity contribution in [3.63, 3.8) is 0 Å².